The van der Waals surface area contributed by atoms with Crippen molar-refractivity contribution in [2.75, 3.05) is 5.32 Å². The van der Waals surface area contributed by atoms with Crippen molar-refractivity contribution < 1.29 is 9.21 Å². The minimum atomic E-state index is -0.324. The van der Waals surface area contributed by atoms with Crippen LogP contribution in [-0.2, 0) is 11.3 Å². The van der Waals surface area contributed by atoms with Crippen LogP contribution in [0.25, 0.3) is 0 Å². The van der Waals surface area contributed by atoms with Crippen molar-refractivity contribution in [1.82, 2.24) is 5.32 Å². The summed E-state index contributed by atoms with van der Waals surface area (Å²) < 4.78 is 5.16. The predicted octanol–water partition coefficient (Wildman–Crippen LogP) is 2.95. The molecular weight excluding hydrogens is 272 g/mol. The van der Waals surface area contributed by atoms with Crippen molar-refractivity contribution in [2.45, 2.75) is 20.4 Å². The number of anilines is 1. The van der Waals surface area contributed by atoms with E-state index >= 15 is 0 Å². The molecule has 0 bridgehead atoms. The molecule has 0 saturated carbocycles. The molecule has 5 heteroatoms. The number of nitrogens with one attached hydrogen (secondary N) is 2. The Morgan fingerprint density at radius 2 is 2.05 bits per heavy atom. The van der Waals surface area contributed by atoms with Crippen LogP contribution >= 0.6 is 12.2 Å². The van der Waals surface area contributed by atoms with E-state index < -0.39 is 0 Å². The van der Waals surface area contributed by atoms with Crippen LogP contribution in [0.2, 0.25) is 0 Å². The second-order valence-electron chi connectivity index (χ2n) is 4.52. The van der Waals surface area contributed by atoms with Gasteiger partial charge in [0, 0.05) is 5.69 Å². The topological polar surface area (TPSA) is 54.3 Å². The SMILES string of the molecule is Cc1ccc(NC(=O)C(=S)NCc2ccco2)cc1C. The summed E-state index contributed by atoms with van der Waals surface area (Å²) in [7, 11) is 0. The van der Waals surface area contributed by atoms with Crippen LogP contribution in [0.4, 0.5) is 5.69 Å². The maximum atomic E-state index is 11.9. The summed E-state index contributed by atoms with van der Waals surface area (Å²) in [4.78, 5) is 12.1. The molecule has 2 rings (SSSR count). The van der Waals surface area contributed by atoms with Crippen LogP contribution in [0.3, 0.4) is 0 Å². The van der Waals surface area contributed by atoms with E-state index in [1.54, 1.807) is 12.3 Å². The Bertz CT molecular complexity index is 621. The molecular formula is C15H16N2O2S. The lowest BCUT2D eigenvalue weighted by Crippen LogP contribution is -2.33. The number of benzene rings is 1. The van der Waals surface area contributed by atoms with Crippen LogP contribution in [-0.4, -0.2) is 10.9 Å². The third-order valence-electron chi connectivity index (χ3n) is 2.97. The molecule has 104 valence electrons. The average molecular weight is 288 g/mol. The molecule has 4 nitrogen and oxygen atoms in total. The summed E-state index contributed by atoms with van der Waals surface area (Å²) in [5.74, 6) is 0.404. The van der Waals surface area contributed by atoms with E-state index in [4.69, 9.17) is 16.6 Å². The van der Waals surface area contributed by atoms with E-state index in [-0.39, 0.29) is 10.9 Å². The average Bonchev–Trinajstić information content (AvgIpc) is 2.93. The van der Waals surface area contributed by atoms with Crippen LogP contribution in [0, 0.1) is 13.8 Å². The van der Waals surface area contributed by atoms with Gasteiger partial charge in [0.25, 0.3) is 5.91 Å². The minimum absolute atomic E-state index is 0.139. The molecule has 0 aliphatic heterocycles. The first kappa shape index (κ1) is 14.3. The summed E-state index contributed by atoms with van der Waals surface area (Å²) in [6.45, 7) is 4.42. The zero-order chi connectivity index (χ0) is 14.5. The number of aryl methyl sites for hydroxylation is 2. The lowest BCUT2D eigenvalue weighted by molar-refractivity contribution is -0.110. The molecule has 0 atom stereocenters. The summed E-state index contributed by atoms with van der Waals surface area (Å²) >= 11 is 5.04. The zero-order valence-electron chi connectivity index (χ0n) is 11.4. The number of carbonyl (C=O) groups excluding carboxylic acids is 1. The number of hydrogen-bond donors (Lipinski definition) is 2. The number of thiocarbonyl (C=S) groups is 1. The number of furan rings is 1. The second kappa shape index (κ2) is 6.34. The Kier molecular flexibility index (Phi) is 4.53. The Labute approximate surface area is 123 Å². The molecule has 1 aromatic carbocycles. The van der Waals surface area contributed by atoms with E-state index in [2.05, 4.69) is 10.6 Å². The number of hydrogen-bond acceptors (Lipinski definition) is 3. The molecule has 2 aromatic rings. The fourth-order valence-electron chi connectivity index (χ4n) is 1.67. The van der Waals surface area contributed by atoms with Crippen molar-refractivity contribution in [3.05, 3.63) is 53.5 Å². The van der Waals surface area contributed by atoms with Gasteiger partial charge in [-0.15, -0.1) is 0 Å². The largest absolute Gasteiger partial charge is 0.467 e. The third-order valence-corrected chi connectivity index (χ3v) is 3.30. The lowest BCUT2D eigenvalue weighted by Gasteiger charge is -2.09. The van der Waals surface area contributed by atoms with Gasteiger partial charge < -0.3 is 15.1 Å². The molecule has 1 amide bonds. The highest BCUT2D eigenvalue weighted by molar-refractivity contribution is 7.82. The van der Waals surface area contributed by atoms with Crippen LogP contribution in [0.15, 0.2) is 41.0 Å². The van der Waals surface area contributed by atoms with Crippen molar-refractivity contribution in [3.63, 3.8) is 0 Å². The molecule has 0 saturated heterocycles. The fraction of sp³-hybridized carbons (Fsp3) is 0.200. The van der Waals surface area contributed by atoms with Gasteiger partial charge in [0.05, 0.1) is 12.8 Å². The first-order valence-corrected chi connectivity index (χ1v) is 6.66. The van der Waals surface area contributed by atoms with Crippen molar-refractivity contribution >= 4 is 28.8 Å². The Morgan fingerprint density at radius 3 is 2.70 bits per heavy atom. The molecule has 1 heterocycles. The summed E-state index contributed by atoms with van der Waals surface area (Å²) in [5.41, 5.74) is 3.04. The van der Waals surface area contributed by atoms with Crippen LogP contribution < -0.4 is 10.6 Å². The van der Waals surface area contributed by atoms with Gasteiger partial charge in [-0.05, 0) is 49.2 Å². The third kappa shape index (κ3) is 3.68. The number of rotatable bonds is 3. The number of amides is 1. The molecule has 0 radical (unpaired) electrons. The van der Waals surface area contributed by atoms with E-state index in [0.29, 0.717) is 6.54 Å². The normalized spacial score (nSPS) is 10.1. The first-order valence-electron chi connectivity index (χ1n) is 6.25. The number of carbonyl (C=O) groups is 1. The van der Waals surface area contributed by atoms with Gasteiger partial charge in [-0.3, -0.25) is 4.79 Å². The summed E-state index contributed by atoms with van der Waals surface area (Å²) in [6.07, 6.45) is 1.58. The molecule has 0 spiro atoms. The standard InChI is InChI=1S/C15H16N2O2S/c1-10-5-6-12(8-11(10)2)17-14(18)15(20)16-9-13-4-3-7-19-13/h3-8H,9H2,1-2H3,(H,16,20)(H,17,18). The predicted molar refractivity (Wildman–Crippen MR) is 82.7 cm³/mol. The van der Waals surface area contributed by atoms with Crippen LogP contribution in [0.1, 0.15) is 16.9 Å². The second-order valence-corrected chi connectivity index (χ2v) is 4.92. The molecule has 0 aliphatic rings. The highest BCUT2D eigenvalue weighted by Gasteiger charge is 2.10. The Balaban J connectivity index is 1.90. The Hall–Kier alpha value is -2.14. The van der Waals surface area contributed by atoms with Crippen molar-refractivity contribution in [1.29, 1.82) is 0 Å². The quantitative estimate of drug-likeness (QED) is 0.853. The maximum Gasteiger partial charge on any atom is 0.283 e. The zero-order valence-corrected chi connectivity index (χ0v) is 12.2. The van der Waals surface area contributed by atoms with Crippen molar-refractivity contribution in [2.24, 2.45) is 0 Å². The van der Waals surface area contributed by atoms with Crippen LogP contribution in [0.5, 0.6) is 0 Å². The van der Waals surface area contributed by atoms with E-state index in [0.717, 1.165) is 17.0 Å². The van der Waals surface area contributed by atoms with Gasteiger partial charge in [0.2, 0.25) is 0 Å². The van der Waals surface area contributed by atoms with Crippen molar-refractivity contribution in [3.8, 4) is 0 Å². The smallest absolute Gasteiger partial charge is 0.283 e. The van der Waals surface area contributed by atoms with Gasteiger partial charge >= 0.3 is 0 Å². The maximum absolute atomic E-state index is 11.9. The highest BCUT2D eigenvalue weighted by Crippen LogP contribution is 2.14. The van der Waals surface area contributed by atoms with E-state index in [1.807, 2.05) is 38.1 Å². The first-order chi connectivity index (χ1) is 9.56. The molecule has 0 aliphatic carbocycles. The molecule has 20 heavy (non-hydrogen) atoms. The molecule has 0 unspecified atom stereocenters. The van der Waals surface area contributed by atoms with E-state index in [1.165, 1.54) is 5.56 Å². The van der Waals surface area contributed by atoms with Gasteiger partial charge in [0.15, 0.2) is 4.99 Å². The lowest BCUT2D eigenvalue weighted by atomic mass is 10.1. The Morgan fingerprint density at radius 1 is 1.25 bits per heavy atom. The fourth-order valence-corrected chi connectivity index (χ4v) is 1.79. The monoisotopic (exact) mass is 288 g/mol. The molecule has 0 fully saturated rings. The van der Waals surface area contributed by atoms with Gasteiger partial charge in [-0.1, -0.05) is 18.3 Å². The molecule has 2 N–H and O–H groups in total. The minimum Gasteiger partial charge on any atom is -0.467 e. The molecule has 1 aromatic heterocycles. The summed E-state index contributed by atoms with van der Waals surface area (Å²) in [5, 5.41) is 5.62. The van der Waals surface area contributed by atoms with Gasteiger partial charge in [0.1, 0.15) is 5.76 Å². The highest BCUT2D eigenvalue weighted by atomic mass is 32.1. The summed E-state index contributed by atoms with van der Waals surface area (Å²) in [6, 6.07) is 9.34. The van der Waals surface area contributed by atoms with Gasteiger partial charge in [-0.2, -0.15) is 0 Å². The van der Waals surface area contributed by atoms with Gasteiger partial charge in [-0.25, -0.2) is 0 Å². The van der Waals surface area contributed by atoms with E-state index in [9.17, 15) is 4.79 Å².